The number of para-hydroxylation sites is 1. The second kappa shape index (κ2) is 8.47. The maximum atomic E-state index is 12.7. The zero-order chi connectivity index (χ0) is 22.1. The van der Waals surface area contributed by atoms with Crippen molar-refractivity contribution in [2.45, 2.75) is 44.7 Å². The molecule has 3 rings (SSSR count). The van der Waals surface area contributed by atoms with Crippen molar-refractivity contribution in [3.05, 3.63) is 59.7 Å². The fourth-order valence-corrected chi connectivity index (χ4v) is 5.20. The van der Waals surface area contributed by atoms with Crippen LogP contribution in [0.25, 0.3) is 0 Å². The first-order chi connectivity index (χ1) is 14.1. The summed E-state index contributed by atoms with van der Waals surface area (Å²) in [6.45, 7) is 7.76. The molecule has 1 heterocycles. The molecule has 30 heavy (non-hydrogen) atoms. The normalized spacial score (nSPS) is 15.9. The number of anilines is 1. The number of nitrogens with one attached hydrogen (secondary N) is 2. The molecular formula is C22H27N3O4S. The minimum absolute atomic E-state index is 0.00693. The van der Waals surface area contributed by atoms with Crippen LogP contribution in [0.2, 0.25) is 0 Å². The van der Waals surface area contributed by atoms with Crippen LogP contribution in [-0.2, 0) is 10.0 Å². The van der Waals surface area contributed by atoms with Gasteiger partial charge in [0, 0.05) is 29.9 Å². The molecular weight excluding hydrogens is 402 g/mol. The first kappa shape index (κ1) is 21.8. The summed E-state index contributed by atoms with van der Waals surface area (Å²) in [6.07, 6.45) is 0. The van der Waals surface area contributed by atoms with Gasteiger partial charge < -0.3 is 10.6 Å². The Morgan fingerprint density at radius 3 is 2.30 bits per heavy atom. The highest BCUT2D eigenvalue weighted by Gasteiger charge is 2.42. The van der Waals surface area contributed by atoms with Crippen LogP contribution in [0, 0.1) is 5.92 Å². The lowest BCUT2D eigenvalue weighted by Gasteiger charge is -2.24. The Hall–Kier alpha value is -2.87. The monoisotopic (exact) mass is 429 g/mol. The van der Waals surface area contributed by atoms with Gasteiger partial charge in [0.05, 0.1) is 5.56 Å². The lowest BCUT2D eigenvalue weighted by atomic mass is 10.0. The van der Waals surface area contributed by atoms with Crippen molar-refractivity contribution < 1.29 is 18.0 Å². The number of amides is 2. The summed E-state index contributed by atoms with van der Waals surface area (Å²) < 4.78 is 26.3. The van der Waals surface area contributed by atoms with Crippen molar-refractivity contribution in [2.24, 2.45) is 5.92 Å². The summed E-state index contributed by atoms with van der Waals surface area (Å²) >= 11 is 0. The van der Waals surface area contributed by atoms with E-state index in [0.29, 0.717) is 6.54 Å². The third kappa shape index (κ3) is 4.18. The molecule has 2 N–H and O–H groups in total. The zero-order valence-electron chi connectivity index (χ0n) is 17.5. The van der Waals surface area contributed by atoms with Gasteiger partial charge in [0.1, 0.15) is 4.90 Å². The van der Waals surface area contributed by atoms with E-state index >= 15 is 0 Å². The molecule has 0 aromatic heterocycles. The van der Waals surface area contributed by atoms with Gasteiger partial charge in [-0.05, 0) is 50.1 Å². The average Bonchev–Trinajstić information content (AvgIpc) is 2.90. The van der Waals surface area contributed by atoms with E-state index in [0.717, 1.165) is 9.99 Å². The molecule has 1 aliphatic rings. The molecule has 160 valence electrons. The number of carbonyl (C=O) groups excluding carboxylic acids is 2. The maximum absolute atomic E-state index is 12.7. The third-order valence-electron chi connectivity index (χ3n) is 5.09. The largest absolute Gasteiger partial charge is 0.380 e. The van der Waals surface area contributed by atoms with E-state index in [1.54, 1.807) is 13.8 Å². The first-order valence-electron chi connectivity index (χ1n) is 9.95. The van der Waals surface area contributed by atoms with E-state index in [9.17, 15) is 18.0 Å². The molecule has 0 saturated heterocycles. The Labute approximate surface area is 177 Å². The fourth-order valence-electron chi connectivity index (χ4n) is 3.41. The summed E-state index contributed by atoms with van der Waals surface area (Å²) in [5, 5.41) is 6.27. The summed E-state index contributed by atoms with van der Waals surface area (Å²) in [7, 11) is -3.94. The van der Waals surface area contributed by atoms with Crippen molar-refractivity contribution in [2.75, 3.05) is 11.9 Å². The summed E-state index contributed by atoms with van der Waals surface area (Å²) in [4.78, 5) is 25.0. The molecule has 2 aromatic carbocycles. The minimum Gasteiger partial charge on any atom is -0.380 e. The van der Waals surface area contributed by atoms with Crippen molar-refractivity contribution in [3.8, 4) is 0 Å². The minimum atomic E-state index is -3.94. The van der Waals surface area contributed by atoms with Crippen LogP contribution >= 0.6 is 0 Å². The third-order valence-corrected chi connectivity index (χ3v) is 7.09. The summed E-state index contributed by atoms with van der Waals surface area (Å²) in [5.74, 6) is -0.689. The number of benzene rings is 2. The molecule has 1 unspecified atom stereocenters. The molecule has 2 aromatic rings. The van der Waals surface area contributed by atoms with Crippen LogP contribution in [-0.4, -0.2) is 43.2 Å². The number of fused-ring (bicyclic) bond motifs is 1. The van der Waals surface area contributed by atoms with E-state index in [-0.39, 0.29) is 33.9 Å². The molecule has 0 spiro atoms. The molecule has 0 radical (unpaired) electrons. The van der Waals surface area contributed by atoms with Crippen LogP contribution < -0.4 is 10.6 Å². The summed E-state index contributed by atoms with van der Waals surface area (Å²) in [5.41, 5.74) is 1.27. The molecule has 2 amide bonds. The predicted octanol–water partition coefficient (Wildman–Crippen LogP) is 3.11. The number of hydrogen-bond donors (Lipinski definition) is 2. The number of sulfonamides is 1. The Bertz CT molecular complexity index is 1050. The van der Waals surface area contributed by atoms with Gasteiger partial charge in [0.25, 0.3) is 21.8 Å². The van der Waals surface area contributed by atoms with Gasteiger partial charge in [-0.25, -0.2) is 12.7 Å². The van der Waals surface area contributed by atoms with Crippen molar-refractivity contribution in [1.82, 2.24) is 9.62 Å². The Kier molecular flexibility index (Phi) is 6.17. The van der Waals surface area contributed by atoms with E-state index in [1.165, 1.54) is 18.2 Å². The molecule has 1 aliphatic heterocycles. The van der Waals surface area contributed by atoms with Crippen LogP contribution in [0.3, 0.4) is 0 Å². The van der Waals surface area contributed by atoms with Gasteiger partial charge in [0.2, 0.25) is 0 Å². The van der Waals surface area contributed by atoms with Gasteiger partial charge in [-0.3, -0.25) is 9.59 Å². The van der Waals surface area contributed by atoms with Gasteiger partial charge in [-0.15, -0.1) is 0 Å². The second-order valence-corrected chi connectivity index (χ2v) is 9.76. The van der Waals surface area contributed by atoms with Crippen molar-refractivity contribution >= 4 is 27.5 Å². The molecule has 0 saturated carbocycles. The van der Waals surface area contributed by atoms with E-state index in [4.69, 9.17) is 0 Å². The number of carbonyl (C=O) groups is 2. The zero-order valence-corrected chi connectivity index (χ0v) is 18.4. The second-order valence-electron chi connectivity index (χ2n) is 7.98. The van der Waals surface area contributed by atoms with E-state index in [1.807, 2.05) is 30.3 Å². The van der Waals surface area contributed by atoms with Gasteiger partial charge >= 0.3 is 0 Å². The maximum Gasteiger partial charge on any atom is 0.269 e. The molecule has 0 bridgehead atoms. The van der Waals surface area contributed by atoms with Crippen molar-refractivity contribution in [1.29, 1.82) is 0 Å². The molecule has 8 heteroatoms. The first-order valence-corrected chi connectivity index (χ1v) is 11.4. The lowest BCUT2D eigenvalue weighted by Crippen LogP contribution is -2.39. The highest BCUT2D eigenvalue weighted by atomic mass is 32.2. The van der Waals surface area contributed by atoms with Crippen LogP contribution in [0.4, 0.5) is 5.69 Å². The number of nitrogens with zero attached hydrogens (tertiary/aromatic N) is 1. The SMILES string of the molecule is CC(C)C(CNC(=O)c1ccc2c(c1)S(=O)(=O)N(C(C)C)C2=O)Nc1ccccc1. The Morgan fingerprint density at radius 2 is 1.70 bits per heavy atom. The molecule has 7 nitrogen and oxygen atoms in total. The number of rotatable bonds is 7. The van der Waals surface area contributed by atoms with Gasteiger partial charge in [-0.1, -0.05) is 32.0 Å². The van der Waals surface area contributed by atoms with Crippen LogP contribution in [0.15, 0.2) is 53.4 Å². The quantitative estimate of drug-likeness (QED) is 0.705. The van der Waals surface area contributed by atoms with Crippen LogP contribution in [0.1, 0.15) is 48.4 Å². The van der Waals surface area contributed by atoms with Gasteiger partial charge in [0.15, 0.2) is 0 Å². The molecule has 0 fully saturated rings. The summed E-state index contributed by atoms with van der Waals surface area (Å²) in [6, 6.07) is 13.4. The van der Waals surface area contributed by atoms with E-state index < -0.39 is 22.0 Å². The fraction of sp³-hybridized carbons (Fsp3) is 0.364. The highest BCUT2D eigenvalue weighted by Crippen LogP contribution is 2.32. The van der Waals surface area contributed by atoms with E-state index in [2.05, 4.69) is 24.5 Å². The lowest BCUT2D eigenvalue weighted by molar-refractivity contribution is 0.0845. The smallest absolute Gasteiger partial charge is 0.269 e. The van der Waals surface area contributed by atoms with Crippen molar-refractivity contribution in [3.63, 3.8) is 0 Å². The Balaban J connectivity index is 1.76. The Morgan fingerprint density at radius 1 is 1.03 bits per heavy atom. The number of hydrogen-bond acceptors (Lipinski definition) is 5. The topological polar surface area (TPSA) is 95.6 Å². The van der Waals surface area contributed by atoms with Gasteiger partial charge in [-0.2, -0.15) is 0 Å². The highest BCUT2D eigenvalue weighted by molar-refractivity contribution is 7.90. The average molecular weight is 430 g/mol. The van der Waals surface area contributed by atoms with Crippen LogP contribution in [0.5, 0.6) is 0 Å². The standard InChI is InChI=1S/C22H27N3O4S/c1-14(2)19(24-17-8-6-5-7-9-17)13-23-21(26)16-10-11-18-20(12-16)30(28,29)25(15(3)4)22(18)27/h5-12,14-15,19,24H,13H2,1-4H3,(H,23,26). The predicted molar refractivity (Wildman–Crippen MR) is 116 cm³/mol. The molecule has 1 atom stereocenters. The molecule has 0 aliphatic carbocycles.